The van der Waals surface area contributed by atoms with Crippen LogP contribution in [0.5, 0.6) is 0 Å². The fraction of sp³-hybridized carbons (Fsp3) is 0.667. The van der Waals surface area contributed by atoms with Crippen LogP contribution in [0.4, 0.5) is 0 Å². The average Bonchev–Trinajstić information content (AvgIpc) is 2.98. The summed E-state index contributed by atoms with van der Waals surface area (Å²) in [5.41, 5.74) is 0.329. The van der Waals surface area contributed by atoms with E-state index in [2.05, 4.69) is 22.2 Å². The SMILES string of the molecule is CCCN(C(=O)c1nc(C(C)C)ncc1Cl)C1CCNC1. The topological polar surface area (TPSA) is 58.1 Å². The van der Waals surface area contributed by atoms with Gasteiger partial charge in [0.15, 0.2) is 5.69 Å². The van der Waals surface area contributed by atoms with Crippen LogP contribution in [0, 0.1) is 0 Å². The molecule has 116 valence electrons. The summed E-state index contributed by atoms with van der Waals surface area (Å²) in [7, 11) is 0. The second-order valence-corrected chi connectivity index (χ2v) is 6.13. The lowest BCUT2D eigenvalue weighted by Crippen LogP contribution is -2.42. The molecule has 21 heavy (non-hydrogen) atoms. The quantitative estimate of drug-likeness (QED) is 0.907. The Morgan fingerprint density at radius 2 is 2.33 bits per heavy atom. The van der Waals surface area contributed by atoms with Crippen LogP contribution in [0.3, 0.4) is 0 Å². The van der Waals surface area contributed by atoms with Crippen LogP contribution in [0.15, 0.2) is 6.20 Å². The van der Waals surface area contributed by atoms with Gasteiger partial charge in [-0.1, -0.05) is 32.4 Å². The van der Waals surface area contributed by atoms with E-state index in [1.54, 1.807) is 0 Å². The van der Waals surface area contributed by atoms with E-state index < -0.39 is 0 Å². The molecule has 1 unspecified atom stereocenters. The van der Waals surface area contributed by atoms with Gasteiger partial charge in [-0.05, 0) is 19.4 Å². The zero-order chi connectivity index (χ0) is 15.4. The molecule has 1 fully saturated rings. The molecule has 0 bridgehead atoms. The minimum atomic E-state index is -0.0835. The van der Waals surface area contributed by atoms with Crippen molar-refractivity contribution in [2.24, 2.45) is 0 Å². The molecule has 1 amide bonds. The van der Waals surface area contributed by atoms with Crippen molar-refractivity contribution in [2.45, 2.75) is 45.6 Å². The summed E-state index contributed by atoms with van der Waals surface area (Å²) in [6.45, 7) is 8.59. The molecule has 1 aromatic heterocycles. The Morgan fingerprint density at radius 3 is 2.90 bits per heavy atom. The molecular weight excluding hydrogens is 288 g/mol. The Morgan fingerprint density at radius 1 is 1.57 bits per heavy atom. The number of carbonyl (C=O) groups is 1. The predicted molar refractivity (Wildman–Crippen MR) is 83.7 cm³/mol. The Labute approximate surface area is 131 Å². The molecule has 0 aromatic carbocycles. The monoisotopic (exact) mass is 310 g/mol. The second-order valence-electron chi connectivity index (χ2n) is 5.72. The van der Waals surface area contributed by atoms with E-state index in [1.807, 2.05) is 18.7 Å². The number of amides is 1. The van der Waals surface area contributed by atoms with Crippen LogP contribution in [0.2, 0.25) is 5.02 Å². The standard InChI is InChI=1S/C15H23ClN4O/c1-4-7-20(11-5-6-17-8-11)15(21)13-12(16)9-18-14(19-13)10(2)3/h9-11,17H,4-8H2,1-3H3. The number of hydrogen-bond acceptors (Lipinski definition) is 4. The van der Waals surface area contributed by atoms with Gasteiger partial charge >= 0.3 is 0 Å². The first kappa shape index (κ1) is 16.2. The molecule has 6 heteroatoms. The Balaban J connectivity index is 2.29. The highest BCUT2D eigenvalue weighted by atomic mass is 35.5. The summed E-state index contributed by atoms with van der Waals surface area (Å²) in [5.74, 6) is 0.741. The van der Waals surface area contributed by atoms with E-state index in [1.165, 1.54) is 6.20 Å². The normalized spacial score (nSPS) is 18.2. The zero-order valence-electron chi connectivity index (χ0n) is 12.9. The molecule has 1 aliphatic heterocycles. The smallest absolute Gasteiger partial charge is 0.274 e. The molecule has 1 aromatic rings. The summed E-state index contributed by atoms with van der Waals surface area (Å²) in [6.07, 6.45) is 3.43. The van der Waals surface area contributed by atoms with Gasteiger partial charge in [0, 0.05) is 25.0 Å². The van der Waals surface area contributed by atoms with Crippen molar-refractivity contribution in [1.82, 2.24) is 20.2 Å². The van der Waals surface area contributed by atoms with Crippen molar-refractivity contribution < 1.29 is 4.79 Å². The van der Waals surface area contributed by atoms with E-state index in [0.717, 1.165) is 32.5 Å². The fourth-order valence-corrected chi connectivity index (χ4v) is 2.71. The number of hydrogen-bond donors (Lipinski definition) is 1. The molecule has 0 saturated carbocycles. The number of rotatable bonds is 5. The average molecular weight is 311 g/mol. The summed E-state index contributed by atoms with van der Waals surface area (Å²) >= 11 is 6.16. The first-order valence-electron chi connectivity index (χ1n) is 7.58. The maximum atomic E-state index is 12.8. The van der Waals surface area contributed by atoms with Crippen LogP contribution in [-0.2, 0) is 0 Å². The third kappa shape index (κ3) is 3.71. The molecule has 2 heterocycles. The maximum absolute atomic E-state index is 12.8. The van der Waals surface area contributed by atoms with Crippen LogP contribution in [0.1, 0.15) is 55.8 Å². The molecule has 2 rings (SSSR count). The molecule has 0 radical (unpaired) electrons. The van der Waals surface area contributed by atoms with Crippen LogP contribution in [0.25, 0.3) is 0 Å². The zero-order valence-corrected chi connectivity index (χ0v) is 13.7. The van der Waals surface area contributed by atoms with Gasteiger partial charge in [0.1, 0.15) is 5.82 Å². The number of nitrogens with zero attached hydrogens (tertiary/aromatic N) is 3. The van der Waals surface area contributed by atoms with Gasteiger partial charge < -0.3 is 10.2 Å². The van der Waals surface area contributed by atoms with Gasteiger partial charge in [0.2, 0.25) is 0 Å². The predicted octanol–water partition coefficient (Wildman–Crippen LogP) is 2.47. The molecule has 0 spiro atoms. The van der Waals surface area contributed by atoms with Crippen molar-refractivity contribution in [3.8, 4) is 0 Å². The Hall–Kier alpha value is -1.20. The number of carbonyl (C=O) groups excluding carboxylic acids is 1. The maximum Gasteiger partial charge on any atom is 0.274 e. The van der Waals surface area contributed by atoms with Crippen molar-refractivity contribution in [2.75, 3.05) is 19.6 Å². The van der Waals surface area contributed by atoms with Crippen LogP contribution >= 0.6 is 11.6 Å². The lowest BCUT2D eigenvalue weighted by Gasteiger charge is -2.28. The van der Waals surface area contributed by atoms with E-state index in [4.69, 9.17) is 11.6 Å². The highest BCUT2D eigenvalue weighted by Gasteiger charge is 2.29. The van der Waals surface area contributed by atoms with Crippen molar-refractivity contribution in [3.05, 3.63) is 22.7 Å². The lowest BCUT2D eigenvalue weighted by atomic mass is 10.1. The van der Waals surface area contributed by atoms with Crippen molar-refractivity contribution >= 4 is 17.5 Å². The fourth-order valence-electron chi connectivity index (χ4n) is 2.54. The van der Waals surface area contributed by atoms with E-state index in [-0.39, 0.29) is 17.9 Å². The van der Waals surface area contributed by atoms with Gasteiger partial charge in [0.25, 0.3) is 5.91 Å². The largest absolute Gasteiger partial charge is 0.333 e. The molecule has 1 aliphatic rings. The molecule has 5 nitrogen and oxygen atoms in total. The third-order valence-electron chi connectivity index (χ3n) is 3.68. The lowest BCUT2D eigenvalue weighted by molar-refractivity contribution is 0.0686. The van der Waals surface area contributed by atoms with Gasteiger partial charge in [-0.25, -0.2) is 9.97 Å². The first-order chi connectivity index (χ1) is 10.0. The van der Waals surface area contributed by atoms with E-state index >= 15 is 0 Å². The van der Waals surface area contributed by atoms with Gasteiger partial charge in [-0.2, -0.15) is 0 Å². The van der Waals surface area contributed by atoms with Crippen LogP contribution in [-0.4, -0.2) is 46.5 Å². The van der Waals surface area contributed by atoms with E-state index in [0.29, 0.717) is 16.5 Å². The minimum absolute atomic E-state index is 0.0835. The minimum Gasteiger partial charge on any atom is -0.333 e. The van der Waals surface area contributed by atoms with Crippen molar-refractivity contribution in [1.29, 1.82) is 0 Å². The highest BCUT2D eigenvalue weighted by molar-refractivity contribution is 6.33. The number of halogens is 1. The molecule has 1 N–H and O–H groups in total. The summed E-state index contributed by atoms with van der Waals surface area (Å²) < 4.78 is 0. The number of aromatic nitrogens is 2. The highest BCUT2D eigenvalue weighted by Crippen LogP contribution is 2.20. The molecular formula is C15H23ClN4O. The summed E-state index contributed by atoms with van der Waals surface area (Å²) in [6, 6.07) is 0.228. The Kier molecular flexibility index (Phi) is 5.53. The third-order valence-corrected chi connectivity index (χ3v) is 3.96. The van der Waals surface area contributed by atoms with Gasteiger partial charge in [-0.15, -0.1) is 0 Å². The molecule has 1 atom stereocenters. The second kappa shape index (κ2) is 7.18. The van der Waals surface area contributed by atoms with E-state index in [9.17, 15) is 4.79 Å². The molecule has 1 saturated heterocycles. The van der Waals surface area contributed by atoms with Gasteiger partial charge in [-0.3, -0.25) is 4.79 Å². The van der Waals surface area contributed by atoms with Crippen LogP contribution < -0.4 is 5.32 Å². The van der Waals surface area contributed by atoms with Crippen molar-refractivity contribution in [3.63, 3.8) is 0 Å². The summed E-state index contributed by atoms with van der Waals surface area (Å²) in [4.78, 5) is 23.3. The van der Waals surface area contributed by atoms with Gasteiger partial charge in [0.05, 0.1) is 11.2 Å². The summed E-state index contributed by atoms with van der Waals surface area (Å²) in [5, 5.41) is 3.63. The number of nitrogens with one attached hydrogen (secondary N) is 1. The first-order valence-corrected chi connectivity index (χ1v) is 7.96. The Bertz CT molecular complexity index is 500. The molecule has 0 aliphatic carbocycles.